The summed E-state index contributed by atoms with van der Waals surface area (Å²) in [6.07, 6.45) is 0.910. The van der Waals surface area contributed by atoms with Gasteiger partial charge in [-0.05, 0) is 68.3 Å². The average Bonchev–Trinajstić information content (AvgIpc) is 2.73. The van der Waals surface area contributed by atoms with Crippen molar-refractivity contribution in [3.63, 3.8) is 0 Å². The molecule has 0 aliphatic heterocycles. The van der Waals surface area contributed by atoms with Gasteiger partial charge in [0.25, 0.3) is 0 Å². The molecular formula is C12H12BrIN2S. The summed E-state index contributed by atoms with van der Waals surface area (Å²) in [6, 6.07) is 12.8. The zero-order valence-corrected chi connectivity index (χ0v) is 13.6. The predicted octanol–water partition coefficient (Wildman–Crippen LogP) is 3.86. The summed E-state index contributed by atoms with van der Waals surface area (Å²) in [5.41, 5.74) is 4.10. The Morgan fingerprint density at radius 3 is 2.47 bits per heavy atom. The molecule has 1 heterocycles. The van der Waals surface area contributed by atoms with Crippen molar-refractivity contribution in [3.05, 3.63) is 54.2 Å². The number of benzene rings is 1. The Bertz CT molecular complexity index is 484. The summed E-state index contributed by atoms with van der Waals surface area (Å²) in [5.74, 6) is 5.64. The van der Waals surface area contributed by atoms with E-state index in [1.165, 1.54) is 14.0 Å². The first kappa shape index (κ1) is 13.5. The fourth-order valence-corrected chi connectivity index (χ4v) is 3.52. The summed E-state index contributed by atoms with van der Waals surface area (Å²) < 4.78 is 2.40. The number of hydrogen-bond donors (Lipinski definition) is 2. The Kier molecular flexibility index (Phi) is 4.98. The van der Waals surface area contributed by atoms with Gasteiger partial charge in [-0.2, -0.15) is 0 Å². The highest BCUT2D eigenvalue weighted by Crippen LogP contribution is 2.26. The molecule has 90 valence electrons. The van der Waals surface area contributed by atoms with Crippen LogP contribution in [0, 0.1) is 3.57 Å². The van der Waals surface area contributed by atoms with Crippen molar-refractivity contribution in [3.8, 4) is 0 Å². The summed E-state index contributed by atoms with van der Waals surface area (Å²) in [7, 11) is 0. The van der Waals surface area contributed by atoms with Crippen LogP contribution >= 0.6 is 49.9 Å². The minimum Gasteiger partial charge on any atom is -0.271 e. The monoisotopic (exact) mass is 422 g/mol. The maximum Gasteiger partial charge on any atom is 0.0701 e. The van der Waals surface area contributed by atoms with Crippen LogP contribution in [0.5, 0.6) is 0 Å². The first-order chi connectivity index (χ1) is 8.19. The molecule has 1 aromatic heterocycles. The summed E-state index contributed by atoms with van der Waals surface area (Å²) in [5, 5.41) is 0. The lowest BCUT2D eigenvalue weighted by Gasteiger charge is -2.15. The van der Waals surface area contributed by atoms with Crippen molar-refractivity contribution < 1.29 is 0 Å². The van der Waals surface area contributed by atoms with Gasteiger partial charge in [-0.3, -0.25) is 11.3 Å². The quantitative estimate of drug-likeness (QED) is 0.446. The third-order valence-corrected chi connectivity index (χ3v) is 4.87. The lowest BCUT2D eigenvalue weighted by Crippen LogP contribution is -2.29. The molecule has 17 heavy (non-hydrogen) atoms. The molecule has 1 aromatic carbocycles. The number of thiophene rings is 1. The Morgan fingerprint density at radius 1 is 1.24 bits per heavy atom. The molecule has 2 nitrogen and oxygen atoms in total. The van der Waals surface area contributed by atoms with Crippen LogP contribution < -0.4 is 11.3 Å². The molecule has 0 aliphatic carbocycles. The second-order valence-corrected chi connectivity index (χ2v) is 7.47. The van der Waals surface area contributed by atoms with E-state index in [-0.39, 0.29) is 6.04 Å². The zero-order chi connectivity index (χ0) is 12.3. The zero-order valence-electron chi connectivity index (χ0n) is 8.99. The Morgan fingerprint density at radius 2 is 1.94 bits per heavy atom. The van der Waals surface area contributed by atoms with E-state index in [9.17, 15) is 0 Å². The minimum atomic E-state index is 0.164. The van der Waals surface area contributed by atoms with Gasteiger partial charge in [0.05, 0.1) is 9.83 Å². The molecule has 3 N–H and O–H groups in total. The summed E-state index contributed by atoms with van der Waals surface area (Å²) in [6.45, 7) is 0. The maximum absolute atomic E-state index is 5.64. The summed E-state index contributed by atoms with van der Waals surface area (Å²) in [4.78, 5) is 1.32. The molecule has 5 heteroatoms. The number of nitrogens with two attached hydrogens (primary N) is 1. The number of hydrazine groups is 1. The lowest BCUT2D eigenvalue weighted by atomic mass is 10.0. The minimum absolute atomic E-state index is 0.164. The fourth-order valence-electron chi connectivity index (χ4n) is 1.63. The van der Waals surface area contributed by atoms with E-state index in [0.717, 1.165) is 10.2 Å². The van der Waals surface area contributed by atoms with Gasteiger partial charge in [0, 0.05) is 14.9 Å². The van der Waals surface area contributed by atoms with Crippen LogP contribution in [0.1, 0.15) is 16.5 Å². The van der Waals surface area contributed by atoms with Crippen molar-refractivity contribution in [2.75, 3.05) is 0 Å². The Hall–Kier alpha value is 0.0500. The van der Waals surface area contributed by atoms with E-state index < -0.39 is 0 Å². The Labute approximate surface area is 127 Å². The molecule has 0 amide bonds. The highest BCUT2D eigenvalue weighted by molar-refractivity contribution is 14.1. The van der Waals surface area contributed by atoms with Gasteiger partial charge in [-0.25, -0.2) is 0 Å². The van der Waals surface area contributed by atoms with Gasteiger partial charge >= 0.3 is 0 Å². The second kappa shape index (κ2) is 6.29. The molecule has 1 atom stereocenters. The molecule has 0 radical (unpaired) electrons. The lowest BCUT2D eigenvalue weighted by molar-refractivity contribution is 0.555. The van der Waals surface area contributed by atoms with Crippen LogP contribution in [0.4, 0.5) is 0 Å². The molecule has 2 rings (SSSR count). The van der Waals surface area contributed by atoms with Gasteiger partial charge in [0.2, 0.25) is 0 Å². The van der Waals surface area contributed by atoms with Crippen LogP contribution in [-0.4, -0.2) is 0 Å². The van der Waals surface area contributed by atoms with E-state index in [4.69, 9.17) is 5.84 Å². The van der Waals surface area contributed by atoms with Gasteiger partial charge in [-0.1, -0.05) is 12.1 Å². The highest BCUT2D eigenvalue weighted by Gasteiger charge is 2.11. The average molecular weight is 423 g/mol. The smallest absolute Gasteiger partial charge is 0.0701 e. The topological polar surface area (TPSA) is 38.0 Å². The number of hydrogen-bond acceptors (Lipinski definition) is 3. The van der Waals surface area contributed by atoms with E-state index in [1.807, 2.05) is 0 Å². The number of nitrogens with one attached hydrogen (secondary N) is 1. The second-order valence-electron chi connectivity index (χ2n) is 3.68. The van der Waals surface area contributed by atoms with Gasteiger partial charge in [0.15, 0.2) is 0 Å². The normalized spacial score (nSPS) is 12.6. The standard InChI is InChI=1S/C12H12BrIN2S/c13-12-6-5-10(17-12)7-11(16-15)8-1-3-9(14)4-2-8/h1-6,11,16H,7,15H2. The van der Waals surface area contributed by atoms with Crippen LogP contribution in [-0.2, 0) is 6.42 Å². The first-order valence-corrected chi connectivity index (χ1v) is 7.83. The van der Waals surface area contributed by atoms with Crippen LogP contribution in [0.2, 0.25) is 0 Å². The molecule has 0 spiro atoms. The molecule has 0 bridgehead atoms. The third-order valence-electron chi connectivity index (χ3n) is 2.51. The van der Waals surface area contributed by atoms with Gasteiger partial charge < -0.3 is 0 Å². The Balaban J connectivity index is 2.13. The van der Waals surface area contributed by atoms with Crippen LogP contribution in [0.3, 0.4) is 0 Å². The molecule has 0 fully saturated rings. The molecular weight excluding hydrogens is 411 g/mol. The van der Waals surface area contributed by atoms with Crippen molar-refractivity contribution in [2.24, 2.45) is 5.84 Å². The molecule has 0 saturated carbocycles. The van der Waals surface area contributed by atoms with Crippen molar-refractivity contribution >= 4 is 49.9 Å². The van der Waals surface area contributed by atoms with Gasteiger partial charge in [-0.15, -0.1) is 11.3 Å². The summed E-state index contributed by atoms with van der Waals surface area (Å²) >= 11 is 7.53. The van der Waals surface area contributed by atoms with Gasteiger partial charge in [0.1, 0.15) is 0 Å². The van der Waals surface area contributed by atoms with Crippen LogP contribution in [0.15, 0.2) is 40.2 Å². The largest absolute Gasteiger partial charge is 0.271 e. The fraction of sp³-hybridized carbons (Fsp3) is 0.167. The van der Waals surface area contributed by atoms with E-state index in [2.05, 4.69) is 80.3 Å². The van der Waals surface area contributed by atoms with Crippen molar-refractivity contribution in [1.29, 1.82) is 0 Å². The van der Waals surface area contributed by atoms with E-state index >= 15 is 0 Å². The predicted molar refractivity (Wildman–Crippen MR) is 84.9 cm³/mol. The molecule has 2 aromatic rings. The highest BCUT2D eigenvalue weighted by atomic mass is 127. The number of rotatable bonds is 4. The number of halogens is 2. The third kappa shape index (κ3) is 3.75. The van der Waals surface area contributed by atoms with Crippen LogP contribution in [0.25, 0.3) is 0 Å². The van der Waals surface area contributed by atoms with Crippen molar-refractivity contribution in [2.45, 2.75) is 12.5 Å². The van der Waals surface area contributed by atoms with E-state index in [1.54, 1.807) is 11.3 Å². The molecule has 1 unspecified atom stereocenters. The van der Waals surface area contributed by atoms with Crippen molar-refractivity contribution in [1.82, 2.24) is 5.43 Å². The maximum atomic E-state index is 5.64. The molecule has 0 saturated heterocycles. The van der Waals surface area contributed by atoms with E-state index in [0.29, 0.717) is 0 Å². The first-order valence-electron chi connectivity index (χ1n) is 5.15. The SMILES string of the molecule is NNC(Cc1ccc(Br)s1)c1ccc(I)cc1. The molecule has 0 aliphatic rings.